The first-order chi connectivity index (χ1) is 9.13. The molecule has 1 fully saturated rings. The summed E-state index contributed by atoms with van der Waals surface area (Å²) < 4.78 is 5.49. The Kier molecular flexibility index (Phi) is 4.71. The molecule has 2 heterocycles. The van der Waals surface area contributed by atoms with Gasteiger partial charge >= 0.3 is 0 Å². The normalized spacial score (nSPS) is 22.5. The average Bonchev–Trinajstić information content (AvgIpc) is 3.03. The smallest absolute Gasteiger partial charge is 0.284 e. The van der Waals surface area contributed by atoms with Gasteiger partial charge in [0.2, 0.25) is 10.1 Å². The van der Waals surface area contributed by atoms with Crippen LogP contribution in [0.4, 0.5) is 5.13 Å². The van der Waals surface area contributed by atoms with E-state index < -0.39 is 0 Å². The third-order valence-electron chi connectivity index (χ3n) is 3.29. The van der Waals surface area contributed by atoms with Crippen LogP contribution in [0.3, 0.4) is 0 Å². The van der Waals surface area contributed by atoms with E-state index in [1.807, 2.05) is 6.92 Å². The van der Waals surface area contributed by atoms with Crippen LogP contribution < -0.4 is 5.32 Å². The van der Waals surface area contributed by atoms with Gasteiger partial charge in [-0.3, -0.25) is 4.79 Å². The van der Waals surface area contributed by atoms with Gasteiger partial charge in [-0.1, -0.05) is 18.3 Å². The zero-order valence-electron chi connectivity index (χ0n) is 11.5. The van der Waals surface area contributed by atoms with E-state index in [4.69, 9.17) is 4.74 Å². The number of anilines is 1. The summed E-state index contributed by atoms with van der Waals surface area (Å²) in [6, 6.07) is 0.128. The molecule has 19 heavy (non-hydrogen) atoms. The van der Waals surface area contributed by atoms with Gasteiger partial charge in [-0.05, 0) is 19.8 Å². The largest absolute Gasteiger partial charge is 0.376 e. The number of likely N-dealkylation sites (N-methyl/N-ethyl adjacent to an activating group) is 1. The predicted molar refractivity (Wildman–Crippen MR) is 74.6 cm³/mol. The van der Waals surface area contributed by atoms with Crippen LogP contribution in [0.5, 0.6) is 0 Å². The van der Waals surface area contributed by atoms with Gasteiger partial charge < -0.3 is 15.0 Å². The number of rotatable bonds is 5. The van der Waals surface area contributed by atoms with Gasteiger partial charge in [0, 0.05) is 20.2 Å². The van der Waals surface area contributed by atoms with E-state index in [1.165, 1.54) is 11.3 Å². The molecule has 0 radical (unpaired) electrons. The van der Waals surface area contributed by atoms with Crippen molar-refractivity contribution in [3.8, 4) is 0 Å². The number of hydrogen-bond acceptors (Lipinski definition) is 6. The maximum absolute atomic E-state index is 12.3. The summed E-state index contributed by atoms with van der Waals surface area (Å²) in [6.45, 7) is 5.63. The number of carbonyl (C=O) groups excluding carboxylic acids is 1. The van der Waals surface area contributed by atoms with E-state index in [9.17, 15) is 4.79 Å². The van der Waals surface area contributed by atoms with Crippen LogP contribution in [0, 0.1) is 0 Å². The molecule has 1 amide bonds. The Morgan fingerprint density at radius 3 is 3.00 bits per heavy atom. The second kappa shape index (κ2) is 6.29. The first kappa shape index (κ1) is 14.2. The molecule has 7 heteroatoms. The lowest BCUT2D eigenvalue weighted by atomic mass is 10.1. The van der Waals surface area contributed by atoms with E-state index in [0.717, 1.165) is 19.4 Å². The van der Waals surface area contributed by atoms with E-state index in [1.54, 1.807) is 11.9 Å². The van der Waals surface area contributed by atoms with E-state index >= 15 is 0 Å². The second-order valence-electron chi connectivity index (χ2n) is 4.69. The molecule has 1 aliphatic rings. The van der Waals surface area contributed by atoms with Crippen LogP contribution in [-0.4, -0.2) is 53.3 Å². The van der Waals surface area contributed by atoms with Gasteiger partial charge in [-0.15, -0.1) is 10.2 Å². The second-order valence-corrected chi connectivity index (χ2v) is 5.66. The minimum Gasteiger partial charge on any atom is -0.376 e. The molecule has 2 rings (SSSR count). The zero-order valence-corrected chi connectivity index (χ0v) is 12.4. The maximum atomic E-state index is 12.3. The van der Waals surface area contributed by atoms with Crippen LogP contribution in [-0.2, 0) is 4.74 Å². The highest BCUT2D eigenvalue weighted by atomic mass is 32.1. The first-order valence-electron chi connectivity index (χ1n) is 6.59. The summed E-state index contributed by atoms with van der Waals surface area (Å²) in [5, 5.41) is 12.2. The van der Waals surface area contributed by atoms with Crippen molar-refractivity contribution in [1.82, 2.24) is 15.1 Å². The standard InChI is InChI=1S/C12H20N4O2S/c1-4-6-13-12-15-14-10(19-12)11(17)16(3)9-5-7-18-8(9)2/h8-9H,4-7H2,1-3H3,(H,13,15). The van der Waals surface area contributed by atoms with E-state index in [0.29, 0.717) is 16.7 Å². The summed E-state index contributed by atoms with van der Waals surface area (Å²) in [7, 11) is 1.80. The van der Waals surface area contributed by atoms with Gasteiger partial charge in [0.05, 0.1) is 12.1 Å². The fourth-order valence-electron chi connectivity index (χ4n) is 2.14. The Balaban J connectivity index is 2.00. The van der Waals surface area contributed by atoms with Crippen LogP contribution in [0.1, 0.15) is 36.5 Å². The summed E-state index contributed by atoms with van der Waals surface area (Å²) >= 11 is 1.30. The lowest BCUT2D eigenvalue weighted by Gasteiger charge is -2.25. The fourth-order valence-corrected chi connectivity index (χ4v) is 2.90. The van der Waals surface area contributed by atoms with Crippen LogP contribution in [0.15, 0.2) is 0 Å². The number of nitrogens with one attached hydrogen (secondary N) is 1. The molecular weight excluding hydrogens is 264 g/mol. The molecule has 6 nitrogen and oxygen atoms in total. The molecule has 1 N–H and O–H groups in total. The summed E-state index contributed by atoms with van der Waals surface area (Å²) in [4.78, 5) is 14.0. The van der Waals surface area contributed by atoms with Crippen molar-refractivity contribution in [1.29, 1.82) is 0 Å². The molecule has 1 aromatic heterocycles. The van der Waals surface area contributed by atoms with Gasteiger partial charge in [0.25, 0.3) is 5.91 Å². The summed E-state index contributed by atoms with van der Waals surface area (Å²) in [5.74, 6) is -0.0793. The number of nitrogens with zero attached hydrogens (tertiary/aromatic N) is 3. The Morgan fingerprint density at radius 1 is 1.58 bits per heavy atom. The Morgan fingerprint density at radius 2 is 2.37 bits per heavy atom. The molecule has 1 saturated heterocycles. The Hall–Kier alpha value is -1.21. The molecule has 1 aromatic rings. The van der Waals surface area contributed by atoms with Crippen molar-refractivity contribution in [3.05, 3.63) is 5.01 Å². The molecule has 0 spiro atoms. The van der Waals surface area contributed by atoms with Crippen molar-refractivity contribution >= 4 is 22.4 Å². The molecule has 0 bridgehead atoms. The van der Waals surface area contributed by atoms with Crippen molar-refractivity contribution in [2.75, 3.05) is 25.5 Å². The number of aromatic nitrogens is 2. The number of hydrogen-bond donors (Lipinski definition) is 1. The lowest BCUT2D eigenvalue weighted by molar-refractivity contribution is 0.0573. The molecule has 2 unspecified atom stereocenters. The average molecular weight is 284 g/mol. The quantitative estimate of drug-likeness (QED) is 0.889. The molecule has 0 saturated carbocycles. The highest BCUT2D eigenvalue weighted by Crippen LogP contribution is 2.22. The third-order valence-corrected chi connectivity index (χ3v) is 4.16. The van der Waals surface area contributed by atoms with Gasteiger partial charge in [-0.2, -0.15) is 0 Å². The van der Waals surface area contributed by atoms with Gasteiger partial charge in [0.1, 0.15) is 0 Å². The predicted octanol–water partition coefficient (Wildman–Crippen LogP) is 1.61. The molecule has 1 aliphatic heterocycles. The van der Waals surface area contributed by atoms with Gasteiger partial charge in [0.15, 0.2) is 0 Å². The molecule has 2 atom stereocenters. The molecule has 0 aromatic carbocycles. The summed E-state index contributed by atoms with van der Waals surface area (Å²) in [6.07, 6.45) is 1.97. The van der Waals surface area contributed by atoms with Crippen molar-refractivity contribution in [2.45, 2.75) is 38.8 Å². The SMILES string of the molecule is CCCNc1nnc(C(=O)N(C)C2CCOC2C)s1. The van der Waals surface area contributed by atoms with E-state index in [-0.39, 0.29) is 18.1 Å². The minimum atomic E-state index is -0.0793. The lowest BCUT2D eigenvalue weighted by Crippen LogP contribution is -2.40. The topological polar surface area (TPSA) is 67.4 Å². The molecule has 0 aliphatic carbocycles. The summed E-state index contributed by atoms with van der Waals surface area (Å²) in [5.41, 5.74) is 0. The Labute approximate surface area is 117 Å². The van der Waals surface area contributed by atoms with Crippen molar-refractivity contribution < 1.29 is 9.53 Å². The fraction of sp³-hybridized carbons (Fsp3) is 0.750. The van der Waals surface area contributed by atoms with Crippen molar-refractivity contribution in [2.24, 2.45) is 0 Å². The van der Waals surface area contributed by atoms with E-state index in [2.05, 4.69) is 22.4 Å². The van der Waals surface area contributed by atoms with Crippen molar-refractivity contribution in [3.63, 3.8) is 0 Å². The molecular formula is C12H20N4O2S. The highest BCUT2D eigenvalue weighted by Gasteiger charge is 2.32. The Bertz CT molecular complexity index is 437. The highest BCUT2D eigenvalue weighted by molar-refractivity contribution is 7.17. The number of carbonyl (C=O) groups is 1. The van der Waals surface area contributed by atoms with Crippen LogP contribution >= 0.6 is 11.3 Å². The zero-order chi connectivity index (χ0) is 13.8. The van der Waals surface area contributed by atoms with Crippen LogP contribution in [0.2, 0.25) is 0 Å². The number of amides is 1. The van der Waals surface area contributed by atoms with Crippen LogP contribution in [0.25, 0.3) is 0 Å². The third kappa shape index (κ3) is 3.22. The monoisotopic (exact) mass is 284 g/mol. The molecule has 106 valence electrons. The first-order valence-corrected chi connectivity index (χ1v) is 7.41. The number of ether oxygens (including phenoxy) is 1. The van der Waals surface area contributed by atoms with Gasteiger partial charge in [-0.25, -0.2) is 0 Å². The maximum Gasteiger partial charge on any atom is 0.284 e. The minimum absolute atomic E-state index is 0.0793.